The number of benzene rings is 1. The smallest absolute Gasteiger partial charge is 0.314 e. The monoisotopic (exact) mass is 413 g/mol. The summed E-state index contributed by atoms with van der Waals surface area (Å²) in [5, 5.41) is 3.25. The Balaban J connectivity index is 0.00000243. The highest BCUT2D eigenvalue weighted by atomic mass is 35.5. The molecule has 10 heteroatoms. The van der Waals surface area contributed by atoms with Gasteiger partial charge in [-0.2, -0.15) is 17.5 Å². The van der Waals surface area contributed by atoms with Crippen molar-refractivity contribution in [3.8, 4) is 0 Å². The number of halogens is 4. The molecule has 2 heterocycles. The summed E-state index contributed by atoms with van der Waals surface area (Å²) in [4.78, 5) is 2.01. The summed E-state index contributed by atoms with van der Waals surface area (Å²) in [6.07, 6.45) is -3.86. The van der Waals surface area contributed by atoms with Crippen LogP contribution in [0, 0.1) is 6.92 Å². The lowest BCUT2D eigenvalue weighted by atomic mass is 10.1. The number of sulfonamides is 1. The third-order valence-corrected chi connectivity index (χ3v) is 6.93. The zero-order valence-corrected chi connectivity index (χ0v) is 16.1. The molecule has 1 N–H and O–H groups in total. The van der Waals surface area contributed by atoms with E-state index in [1.165, 1.54) is 17.3 Å². The molecule has 1 unspecified atom stereocenters. The first-order chi connectivity index (χ1) is 11.7. The van der Waals surface area contributed by atoms with Gasteiger partial charge in [0.2, 0.25) is 10.0 Å². The SMILES string of the molecule is Cc1ccc(C(F)(F)F)cc1S(=O)(=O)N1CCC(N2CCNCC2)C1.Cl. The Hall–Kier alpha value is -0.870. The molecule has 2 aliphatic rings. The summed E-state index contributed by atoms with van der Waals surface area (Å²) < 4.78 is 65.9. The first kappa shape index (κ1) is 21.4. The van der Waals surface area contributed by atoms with Crippen LogP contribution in [-0.2, 0) is 16.2 Å². The largest absolute Gasteiger partial charge is 0.416 e. The maximum Gasteiger partial charge on any atom is 0.416 e. The van der Waals surface area contributed by atoms with E-state index in [0.29, 0.717) is 25.1 Å². The molecular weight excluding hydrogens is 391 g/mol. The maximum absolute atomic E-state index is 12.9. The van der Waals surface area contributed by atoms with Crippen LogP contribution in [0.5, 0.6) is 0 Å². The number of nitrogens with one attached hydrogen (secondary N) is 1. The summed E-state index contributed by atoms with van der Waals surface area (Å²) in [5.74, 6) is 0. The fourth-order valence-corrected chi connectivity index (χ4v) is 5.21. The minimum Gasteiger partial charge on any atom is -0.314 e. The lowest BCUT2D eigenvalue weighted by molar-refractivity contribution is -0.137. The molecule has 1 aromatic carbocycles. The second kappa shape index (κ2) is 8.02. The molecule has 148 valence electrons. The highest BCUT2D eigenvalue weighted by Gasteiger charge is 2.38. The quantitative estimate of drug-likeness (QED) is 0.824. The molecule has 0 saturated carbocycles. The van der Waals surface area contributed by atoms with Crippen LogP contribution < -0.4 is 5.32 Å². The second-order valence-corrected chi connectivity index (χ2v) is 8.48. The molecule has 1 atom stereocenters. The number of hydrogen-bond donors (Lipinski definition) is 1. The lowest BCUT2D eigenvalue weighted by Crippen LogP contribution is -2.49. The van der Waals surface area contributed by atoms with Gasteiger partial charge in [0.25, 0.3) is 0 Å². The molecule has 0 spiro atoms. The number of hydrogen-bond acceptors (Lipinski definition) is 4. The van der Waals surface area contributed by atoms with Gasteiger partial charge in [-0.05, 0) is 31.0 Å². The Labute approximate surface area is 158 Å². The summed E-state index contributed by atoms with van der Waals surface area (Å²) in [7, 11) is -3.93. The Morgan fingerprint density at radius 2 is 1.81 bits per heavy atom. The summed E-state index contributed by atoms with van der Waals surface area (Å²) in [5.41, 5.74) is -0.604. The maximum atomic E-state index is 12.9. The van der Waals surface area contributed by atoms with Crippen molar-refractivity contribution in [2.75, 3.05) is 39.3 Å². The number of aryl methyl sites for hydroxylation is 1. The van der Waals surface area contributed by atoms with Crippen LogP contribution in [0.25, 0.3) is 0 Å². The van der Waals surface area contributed by atoms with Crippen molar-refractivity contribution in [2.24, 2.45) is 0 Å². The van der Waals surface area contributed by atoms with E-state index in [0.717, 1.165) is 38.3 Å². The van der Waals surface area contributed by atoms with E-state index in [2.05, 4.69) is 10.2 Å². The van der Waals surface area contributed by atoms with E-state index in [4.69, 9.17) is 0 Å². The van der Waals surface area contributed by atoms with Gasteiger partial charge < -0.3 is 5.32 Å². The van der Waals surface area contributed by atoms with Crippen molar-refractivity contribution in [3.05, 3.63) is 29.3 Å². The van der Waals surface area contributed by atoms with Crippen LogP contribution in [0.4, 0.5) is 13.2 Å². The van der Waals surface area contributed by atoms with E-state index >= 15 is 0 Å². The first-order valence-corrected chi connectivity index (χ1v) is 9.76. The summed E-state index contributed by atoms with van der Waals surface area (Å²) in [6.45, 7) is 5.66. The van der Waals surface area contributed by atoms with Crippen LogP contribution in [0.3, 0.4) is 0 Å². The van der Waals surface area contributed by atoms with Crippen LogP contribution in [0.15, 0.2) is 23.1 Å². The fourth-order valence-electron chi connectivity index (χ4n) is 3.47. The van der Waals surface area contributed by atoms with Crippen molar-refractivity contribution >= 4 is 22.4 Å². The van der Waals surface area contributed by atoms with Crippen LogP contribution in [0.1, 0.15) is 17.5 Å². The molecule has 0 amide bonds. The normalized spacial score (nSPS) is 23.0. The Kier molecular flexibility index (Phi) is 6.61. The van der Waals surface area contributed by atoms with Crippen LogP contribution in [-0.4, -0.2) is 62.9 Å². The van der Waals surface area contributed by atoms with Crippen molar-refractivity contribution in [2.45, 2.75) is 30.5 Å². The van der Waals surface area contributed by atoms with Crippen molar-refractivity contribution in [1.82, 2.24) is 14.5 Å². The van der Waals surface area contributed by atoms with Crippen molar-refractivity contribution < 1.29 is 21.6 Å². The number of piperazine rings is 1. The van der Waals surface area contributed by atoms with Gasteiger partial charge in [-0.1, -0.05) is 6.07 Å². The molecule has 1 aromatic rings. The highest BCUT2D eigenvalue weighted by Crippen LogP contribution is 2.33. The minimum atomic E-state index is -4.56. The molecule has 5 nitrogen and oxygen atoms in total. The van der Waals surface area contributed by atoms with Gasteiger partial charge in [-0.25, -0.2) is 8.42 Å². The molecule has 0 aromatic heterocycles. The fraction of sp³-hybridized carbons (Fsp3) is 0.625. The number of alkyl halides is 3. The van der Waals surface area contributed by atoms with Crippen LogP contribution >= 0.6 is 12.4 Å². The molecule has 2 saturated heterocycles. The predicted octanol–water partition coefficient (Wildman–Crippen LogP) is 2.10. The molecule has 0 bridgehead atoms. The first-order valence-electron chi connectivity index (χ1n) is 8.32. The van der Waals surface area contributed by atoms with E-state index in [1.807, 2.05) is 0 Å². The van der Waals surface area contributed by atoms with Crippen molar-refractivity contribution in [1.29, 1.82) is 0 Å². The Bertz CT molecular complexity index is 737. The van der Waals surface area contributed by atoms with E-state index < -0.39 is 21.8 Å². The summed E-state index contributed by atoms with van der Waals surface area (Å²) in [6, 6.07) is 3.02. The van der Waals surface area contributed by atoms with Gasteiger partial charge in [0.1, 0.15) is 0 Å². The third kappa shape index (κ3) is 4.33. The third-order valence-electron chi connectivity index (χ3n) is 4.93. The average molecular weight is 414 g/mol. The molecule has 0 aliphatic carbocycles. The Morgan fingerprint density at radius 1 is 1.15 bits per heavy atom. The van der Waals surface area contributed by atoms with Gasteiger partial charge >= 0.3 is 6.18 Å². The number of nitrogens with zero attached hydrogens (tertiary/aromatic N) is 2. The lowest BCUT2D eigenvalue weighted by Gasteiger charge is -2.32. The van der Waals surface area contributed by atoms with Gasteiger partial charge in [0.15, 0.2) is 0 Å². The van der Waals surface area contributed by atoms with Gasteiger partial charge in [0.05, 0.1) is 10.5 Å². The molecule has 0 radical (unpaired) electrons. The van der Waals surface area contributed by atoms with Gasteiger partial charge in [0, 0.05) is 45.3 Å². The Morgan fingerprint density at radius 3 is 2.42 bits per heavy atom. The van der Waals surface area contributed by atoms with Crippen LogP contribution in [0.2, 0.25) is 0 Å². The predicted molar refractivity (Wildman–Crippen MR) is 95.0 cm³/mol. The van der Waals surface area contributed by atoms with E-state index in [1.54, 1.807) is 0 Å². The molecule has 3 rings (SSSR count). The van der Waals surface area contributed by atoms with E-state index in [-0.39, 0.29) is 23.3 Å². The molecule has 2 aliphatic heterocycles. The summed E-state index contributed by atoms with van der Waals surface area (Å²) >= 11 is 0. The minimum absolute atomic E-state index is 0. The number of rotatable bonds is 3. The molecular formula is C16H23ClF3N3O2S. The zero-order chi connectivity index (χ0) is 18.2. The van der Waals surface area contributed by atoms with Gasteiger partial charge in [-0.15, -0.1) is 12.4 Å². The average Bonchev–Trinajstić information content (AvgIpc) is 3.05. The zero-order valence-electron chi connectivity index (χ0n) is 14.4. The van der Waals surface area contributed by atoms with E-state index in [9.17, 15) is 21.6 Å². The highest BCUT2D eigenvalue weighted by molar-refractivity contribution is 7.89. The topological polar surface area (TPSA) is 52.7 Å². The van der Waals surface area contributed by atoms with Crippen molar-refractivity contribution in [3.63, 3.8) is 0 Å². The standard InChI is InChI=1S/C16H22F3N3O2S.ClH/c1-12-2-3-13(16(17,18)19)10-15(12)25(23,24)22-7-4-14(11-22)21-8-5-20-6-9-21;/h2-3,10,14,20H,4-9,11H2,1H3;1H. The van der Waals surface area contributed by atoms with Gasteiger partial charge in [-0.3, -0.25) is 4.90 Å². The molecule has 2 fully saturated rings. The second-order valence-electron chi connectivity index (χ2n) is 6.57. The molecule has 26 heavy (non-hydrogen) atoms.